The molecule has 3 rings (SSSR count). The Hall–Kier alpha value is -2.88. The summed E-state index contributed by atoms with van der Waals surface area (Å²) >= 11 is 0. The third-order valence-corrected chi connectivity index (χ3v) is 4.30. The molecule has 0 bridgehead atoms. The van der Waals surface area contributed by atoms with Gasteiger partial charge in [0.15, 0.2) is 5.76 Å². The number of carbonyl (C=O) groups is 2. The van der Waals surface area contributed by atoms with Gasteiger partial charge in [-0.25, -0.2) is 4.90 Å². The zero-order valence-electron chi connectivity index (χ0n) is 14.2. The SMILES string of the molecule is Cc1ccc(C2=C(O)C(=O)N(c3ccc(C)cc3C)C2=O)c(C)c1. The standard InChI is InChI=1S/C20H19NO3/c1-11-5-7-15(13(3)9-11)17-18(22)20(24)21(19(17)23)16-8-6-12(2)10-14(16)4/h5-10,22H,1-4H3. The van der Waals surface area contributed by atoms with E-state index in [2.05, 4.69) is 0 Å². The molecular weight excluding hydrogens is 302 g/mol. The fourth-order valence-corrected chi connectivity index (χ4v) is 3.13. The van der Waals surface area contributed by atoms with Gasteiger partial charge in [-0.2, -0.15) is 0 Å². The number of nitrogens with zero attached hydrogens (tertiary/aromatic N) is 1. The smallest absolute Gasteiger partial charge is 0.301 e. The van der Waals surface area contributed by atoms with Crippen LogP contribution in [0.2, 0.25) is 0 Å². The molecular formula is C20H19NO3. The Balaban J connectivity index is 2.11. The van der Waals surface area contributed by atoms with Gasteiger partial charge in [-0.3, -0.25) is 9.59 Å². The zero-order valence-corrected chi connectivity index (χ0v) is 14.2. The molecule has 4 heteroatoms. The lowest BCUT2D eigenvalue weighted by Gasteiger charge is -2.17. The second-order valence-corrected chi connectivity index (χ2v) is 6.28. The third kappa shape index (κ3) is 2.40. The highest BCUT2D eigenvalue weighted by molar-refractivity contribution is 6.45. The molecule has 0 saturated heterocycles. The van der Waals surface area contributed by atoms with Crippen LogP contribution in [0.3, 0.4) is 0 Å². The second kappa shape index (κ2) is 5.64. The van der Waals surface area contributed by atoms with Crippen LogP contribution in [0, 0.1) is 27.7 Å². The maximum atomic E-state index is 12.9. The number of carbonyl (C=O) groups excluding carboxylic acids is 2. The quantitative estimate of drug-likeness (QED) is 0.857. The fourth-order valence-electron chi connectivity index (χ4n) is 3.13. The van der Waals surface area contributed by atoms with Crippen LogP contribution < -0.4 is 4.90 Å². The Labute approximate surface area is 141 Å². The Morgan fingerprint density at radius 3 is 1.96 bits per heavy atom. The average Bonchev–Trinajstić information content (AvgIpc) is 2.71. The monoisotopic (exact) mass is 321 g/mol. The van der Waals surface area contributed by atoms with Crippen LogP contribution in [-0.4, -0.2) is 16.9 Å². The summed E-state index contributed by atoms with van der Waals surface area (Å²) in [6.45, 7) is 7.60. The van der Waals surface area contributed by atoms with Gasteiger partial charge in [0.05, 0.1) is 11.3 Å². The zero-order chi connectivity index (χ0) is 17.6. The van der Waals surface area contributed by atoms with Crippen LogP contribution in [0.15, 0.2) is 42.2 Å². The molecule has 2 amide bonds. The van der Waals surface area contributed by atoms with E-state index < -0.39 is 17.6 Å². The normalized spacial score (nSPS) is 14.8. The van der Waals surface area contributed by atoms with Gasteiger partial charge in [-0.15, -0.1) is 0 Å². The van der Waals surface area contributed by atoms with Crippen molar-refractivity contribution in [1.29, 1.82) is 0 Å². The molecule has 0 fully saturated rings. The lowest BCUT2D eigenvalue weighted by atomic mass is 9.98. The largest absolute Gasteiger partial charge is 0.502 e. The molecule has 1 heterocycles. The van der Waals surface area contributed by atoms with Crippen LogP contribution in [0.4, 0.5) is 5.69 Å². The fraction of sp³-hybridized carbons (Fsp3) is 0.200. The number of aliphatic hydroxyl groups is 1. The van der Waals surface area contributed by atoms with Crippen molar-refractivity contribution in [1.82, 2.24) is 0 Å². The molecule has 0 unspecified atom stereocenters. The Morgan fingerprint density at radius 1 is 0.792 bits per heavy atom. The summed E-state index contributed by atoms with van der Waals surface area (Å²) in [6.07, 6.45) is 0. The highest BCUT2D eigenvalue weighted by Gasteiger charge is 2.41. The molecule has 1 N–H and O–H groups in total. The number of hydrogen-bond donors (Lipinski definition) is 1. The van der Waals surface area contributed by atoms with E-state index in [9.17, 15) is 14.7 Å². The van der Waals surface area contributed by atoms with Crippen molar-refractivity contribution >= 4 is 23.1 Å². The van der Waals surface area contributed by atoms with Crippen molar-refractivity contribution in [2.45, 2.75) is 27.7 Å². The molecule has 0 aliphatic carbocycles. The molecule has 2 aromatic carbocycles. The summed E-state index contributed by atoms with van der Waals surface area (Å²) in [6, 6.07) is 11.0. The number of benzene rings is 2. The molecule has 0 atom stereocenters. The van der Waals surface area contributed by atoms with Gasteiger partial charge in [0, 0.05) is 0 Å². The summed E-state index contributed by atoms with van der Waals surface area (Å²) in [5.74, 6) is -1.66. The molecule has 0 aromatic heterocycles. The number of rotatable bonds is 2. The van der Waals surface area contributed by atoms with E-state index in [-0.39, 0.29) is 5.57 Å². The number of amides is 2. The molecule has 0 radical (unpaired) electrons. The summed E-state index contributed by atoms with van der Waals surface area (Å²) in [4.78, 5) is 26.5. The second-order valence-electron chi connectivity index (χ2n) is 6.28. The van der Waals surface area contributed by atoms with Gasteiger partial charge in [0.25, 0.3) is 5.91 Å². The van der Waals surface area contributed by atoms with E-state index in [0.717, 1.165) is 27.2 Å². The Bertz CT molecular complexity index is 909. The minimum absolute atomic E-state index is 0.0671. The lowest BCUT2D eigenvalue weighted by molar-refractivity contribution is -0.121. The molecule has 122 valence electrons. The number of aliphatic hydroxyl groups excluding tert-OH is 1. The van der Waals surface area contributed by atoms with Crippen molar-refractivity contribution in [3.05, 3.63) is 70.0 Å². The Kier molecular flexibility index (Phi) is 3.76. The number of aryl methyl sites for hydroxylation is 4. The van der Waals surface area contributed by atoms with Gasteiger partial charge >= 0.3 is 5.91 Å². The first kappa shape index (κ1) is 16.0. The molecule has 0 spiro atoms. The van der Waals surface area contributed by atoms with Crippen LogP contribution in [0.1, 0.15) is 27.8 Å². The molecule has 2 aromatic rings. The number of imide groups is 1. The summed E-state index contributed by atoms with van der Waals surface area (Å²) < 4.78 is 0. The van der Waals surface area contributed by atoms with Gasteiger partial charge < -0.3 is 5.11 Å². The highest BCUT2D eigenvalue weighted by atomic mass is 16.3. The first-order valence-electron chi connectivity index (χ1n) is 7.78. The van der Waals surface area contributed by atoms with Crippen molar-refractivity contribution in [3.63, 3.8) is 0 Å². The predicted molar refractivity (Wildman–Crippen MR) is 93.9 cm³/mol. The number of anilines is 1. The van der Waals surface area contributed by atoms with Crippen molar-refractivity contribution in [2.75, 3.05) is 4.90 Å². The average molecular weight is 321 g/mol. The maximum Gasteiger partial charge on any atom is 0.301 e. The van der Waals surface area contributed by atoms with E-state index in [4.69, 9.17) is 0 Å². The maximum absolute atomic E-state index is 12.9. The number of hydrogen-bond acceptors (Lipinski definition) is 3. The highest BCUT2D eigenvalue weighted by Crippen LogP contribution is 2.34. The summed E-state index contributed by atoms with van der Waals surface area (Å²) in [5, 5.41) is 10.3. The molecule has 24 heavy (non-hydrogen) atoms. The van der Waals surface area contributed by atoms with E-state index in [1.807, 2.05) is 52.0 Å². The Morgan fingerprint density at radius 2 is 1.38 bits per heavy atom. The first-order chi connectivity index (χ1) is 11.3. The van der Waals surface area contributed by atoms with E-state index in [1.165, 1.54) is 0 Å². The van der Waals surface area contributed by atoms with Crippen LogP contribution >= 0.6 is 0 Å². The first-order valence-corrected chi connectivity index (χ1v) is 7.78. The van der Waals surface area contributed by atoms with E-state index >= 15 is 0 Å². The molecule has 4 nitrogen and oxygen atoms in total. The molecule has 1 aliphatic rings. The van der Waals surface area contributed by atoms with Crippen molar-refractivity contribution in [2.24, 2.45) is 0 Å². The van der Waals surface area contributed by atoms with Crippen LogP contribution in [0.25, 0.3) is 5.57 Å². The van der Waals surface area contributed by atoms with Gasteiger partial charge in [-0.05, 0) is 50.5 Å². The minimum atomic E-state index is -0.679. The third-order valence-electron chi connectivity index (χ3n) is 4.30. The lowest BCUT2D eigenvalue weighted by Crippen LogP contribution is -2.32. The predicted octanol–water partition coefficient (Wildman–Crippen LogP) is 3.76. The van der Waals surface area contributed by atoms with E-state index in [1.54, 1.807) is 12.1 Å². The molecule has 0 saturated carbocycles. The summed E-state index contributed by atoms with van der Waals surface area (Å²) in [7, 11) is 0. The topological polar surface area (TPSA) is 57.6 Å². The van der Waals surface area contributed by atoms with E-state index in [0.29, 0.717) is 11.3 Å². The van der Waals surface area contributed by atoms with Crippen LogP contribution in [0.5, 0.6) is 0 Å². The van der Waals surface area contributed by atoms with Crippen LogP contribution in [-0.2, 0) is 9.59 Å². The van der Waals surface area contributed by atoms with Crippen molar-refractivity contribution < 1.29 is 14.7 Å². The summed E-state index contributed by atoms with van der Waals surface area (Å²) in [5.41, 5.74) is 4.91. The van der Waals surface area contributed by atoms with Crippen molar-refractivity contribution in [3.8, 4) is 0 Å². The minimum Gasteiger partial charge on any atom is -0.502 e. The van der Waals surface area contributed by atoms with Gasteiger partial charge in [0.2, 0.25) is 0 Å². The van der Waals surface area contributed by atoms with Gasteiger partial charge in [-0.1, -0.05) is 41.5 Å². The van der Waals surface area contributed by atoms with Gasteiger partial charge in [0.1, 0.15) is 0 Å². The molecule has 1 aliphatic heterocycles.